The molecule has 1 aromatic heterocycles. The van der Waals surface area contributed by atoms with Gasteiger partial charge in [0.25, 0.3) is 0 Å². The molecule has 0 aliphatic carbocycles. The molecular formula is C5H5N4. The highest BCUT2D eigenvalue weighted by molar-refractivity contribution is 5.43. The molecule has 1 radical (unpaired) electrons. The van der Waals surface area contributed by atoms with Crippen LogP contribution in [0.5, 0.6) is 0 Å². The van der Waals surface area contributed by atoms with E-state index in [1.807, 2.05) is 6.08 Å². The van der Waals surface area contributed by atoms with E-state index in [1.165, 1.54) is 0 Å². The minimum absolute atomic E-state index is 0.994. The van der Waals surface area contributed by atoms with Gasteiger partial charge in [0, 0.05) is 6.20 Å². The van der Waals surface area contributed by atoms with E-state index in [0.29, 0.717) is 0 Å². The fraction of sp³-hybridized carbons (Fsp3) is 0. The lowest BCUT2D eigenvalue weighted by Gasteiger charge is -2.07. The Morgan fingerprint density at radius 2 is 2.56 bits per heavy atom. The number of hydrogen-bond donors (Lipinski definition) is 1. The Hall–Kier alpha value is -1.45. The number of nitrogens with zero attached hydrogens (tertiary/aromatic N) is 3. The first-order valence-electron chi connectivity index (χ1n) is 2.62. The van der Waals surface area contributed by atoms with Crippen LogP contribution in [0.25, 0.3) is 6.08 Å². The van der Waals surface area contributed by atoms with Crippen molar-refractivity contribution in [3.8, 4) is 0 Å². The van der Waals surface area contributed by atoms with Crippen LogP contribution in [0.2, 0.25) is 0 Å². The van der Waals surface area contributed by atoms with Crippen LogP contribution < -0.4 is 11.0 Å². The Bertz CT molecular complexity index is 237. The molecule has 1 aliphatic rings. The van der Waals surface area contributed by atoms with Crippen molar-refractivity contribution in [3.63, 3.8) is 0 Å². The van der Waals surface area contributed by atoms with Crippen molar-refractivity contribution in [3.05, 3.63) is 24.4 Å². The maximum absolute atomic E-state index is 3.88. The van der Waals surface area contributed by atoms with Gasteiger partial charge in [-0.05, 0) is 6.08 Å². The summed E-state index contributed by atoms with van der Waals surface area (Å²) in [6.07, 6.45) is 7.06. The zero-order chi connectivity index (χ0) is 6.10. The second-order valence-electron chi connectivity index (χ2n) is 1.73. The first-order chi connectivity index (χ1) is 4.47. The van der Waals surface area contributed by atoms with E-state index in [0.717, 1.165) is 5.69 Å². The molecule has 0 aromatic carbocycles. The van der Waals surface area contributed by atoms with Crippen molar-refractivity contribution in [2.45, 2.75) is 0 Å². The van der Waals surface area contributed by atoms with Crippen molar-refractivity contribution in [1.29, 1.82) is 0 Å². The molecule has 4 heteroatoms. The zero-order valence-electron chi connectivity index (χ0n) is 4.65. The van der Waals surface area contributed by atoms with Gasteiger partial charge in [-0.25, -0.2) is 9.66 Å². The van der Waals surface area contributed by atoms with Gasteiger partial charge in [0.15, 0.2) is 0 Å². The molecule has 2 heterocycles. The van der Waals surface area contributed by atoms with Crippen LogP contribution in [-0.4, -0.2) is 9.66 Å². The Morgan fingerprint density at radius 3 is 3.44 bits per heavy atom. The highest BCUT2D eigenvalue weighted by atomic mass is 15.6. The summed E-state index contributed by atoms with van der Waals surface area (Å²) in [5.41, 5.74) is 7.56. The largest absolute Gasteiger partial charge is 0.268 e. The molecule has 1 N–H and O–H groups in total. The average molecular weight is 121 g/mol. The molecule has 9 heavy (non-hydrogen) atoms. The Kier molecular flexibility index (Phi) is 0.745. The second-order valence-corrected chi connectivity index (χ2v) is 1.73. The molecule has 0 bridgehead atoms. The third kappa shape index (κ3) is 0.561. The molecule has 1 aromatic rings. The third-order valence-electron chi connectivity index (χ3n) is 1.14. The van der Waals surface area contributed by atoms with E-state index in [9.17, 15) is 0 Å². The summed E-state index contributed by atoms with van der Waals surface area (Å²) in [6.45, 7) is 0. The smallest absolute Gasteiger partial charge is 0.119 e. The van der Waals surface area contributed by atoms with Crippen LogP contribution in [0.3, 0.4) is 0 Å². The lowest BCUT2D eigenvalue weighted by molar-refractivity contribution is 0.503. The summed E-state index contributed by atoms with van der Waals surface area (Å²) in [4.78, 5) is 3.88. The lowest BCUT2D eigenvalue weighted by Crippen LogP contribution is -2.27. The number of rotatable bonds is 0. The molecule has 0 fully saturated rings. The van der Waals surface area contributed by atoms with E-state index in [1.54, 1.807) is 23.4 Å². The van der Waals surface area contributed by atoms with E-state index < -0.39 is 0 Å². The molecular weight excluding hydrogens is 116 g/mol. The molecule has 4 nitrogen and oxygen atoms in total. The predicted molar refractivity (Wildman–Crippen MR) is 31.9 cm³/mol. The number of aromatic nitrogens is 2. The van der Waals surface area contributed by atoms with Crippen molar-refractivity contribution in [2.24, 2.45) is 0 Å². The molecule has 2 rings (SSSR count). The average Bonchev–Trinajstić information content (AvgIpc) is 2.33. The van der Waals surface area contributed by atoms with E-state index in [2.05, 4.69) is 15.9 Å². The fourth-order valence-corrected chi connectivity index (χ4v) is 0.720. The van der Waals surface area contributed by atoms with E-state index in [-0.39, 0.29) is 0 Å². The number of fused-ring (bicyclic) bond motifs is 1. The predicted octanol–water partition coefficient (Wildman–Crippen LogP) is -0.261. The van der Waals surface area contributed by atoms with Gasteiger partial charge in [0.05, 0.1) is 11.9 Å². The summed E-state index contributed by atoms with van der Waals surface area (Å²) >= 11 is 0. The number of imidazole rings is 1. The van der Waals surface area contributed by atoms with Crippen molar-refractivity contribution in [2.75, 3.05) is 0 Å². The quantitative estimate of drug-likeness (QED) is 0.514. The summed E-state index contributed by atoms with van der Waals surface area (Å²) in [7, 11) is 0. The van der Waals surface area contributed by atoms with Crippen molar-refractivity contribution < 1.29 is 0 Å². The van der Waals surface area contributed by atoms with Gasteiger partial charge in [-0.1, -0.05) is 5.53 Å². The van der Waals surface area contributed by atoms with Crippen LogP contribution in [0.15, 0.2) is 18.7 Å². The van der Waals surface area contributed by atoms with Gasteiger partial charge in [-0.3, -0.25) is 5.43 Å². The van der Waals surface area contributed by atoms with Gasteiger partial charge in [-0.2, -0.15) is 0 Å². The lowest BCUT2D eigenvalue weighted by atomic mass is 10.4. The third-order valence-corrected chi connectivity index (χ3v) is 1.14. The Labute approximate surface area is 52.1 Å². The monoisotopic (exact) mass is 121 g/mol. The maximum Gasteiger partial charge on any atom is 0.119 e. The summed E-state index contributed by atoms with van der Waals surface area (Å²) in [5.74, 6) is 0. The van der Waals surface area contributed by atoms with Crippen molar-refractivity contribution >= 4 is 6.08 Å². The maximum atomic E-state index is 3.88. The SMILES string of the molecule is C1=Cc2cncn2[N]N1. The first-order valence-corrected chi connectivity index (χ1v) is 2.62. The van der Waals surface area contributed by atoms with Crippen LogP contribution in [0.1, 0.15) is 5.69 Å². The second kappa shape index (κ2) is 1.51. The van der Waals surface area contributed by atoms with Crippen LogP contribution >= 0.6 is 0 Å². The normalized spacial score (nSPS) is 13.8. The standard InChI is InChI=1S/C5H5N4/c1-2-7-8-9-4-6-3-5(1)9/h1-4,7H. The molecule has 0 atom stereocenters. The van der Waals surface area contributed by atoms with Crippen LogP contribution in [-0.2, 0) is 0 Å². The van der Waals surface area contributed by atoms with E-state index >= 15 is 0 Å². The zero-order valence-corrected chi connectivity index (χ0v) is 4.65. The molecule has 0 saturated carbocycles. The molecule has 0 spiro atoms. The van der Waals surface area contributed by atoms with Gasteiger partial charge in [-0.15, -0.1) is 0 Å². The fourth-order valence-electron chi connectivity index (χ4n) is 0.720. The van der Waals surface area contributed by atoms with Gasteiger partial charge in [0.1, 0.15) is 6.33 Å². The van der Waals surface area contributed by atoms with Gasteiger partial charge in [0.2, 0.25) is 0 Å². The first kappa shape index (κ1) is 4.43. The van der Waals surface area contributed by atoms with Crippen LogP contribution in [0, 0.1) is 0 Å². The Morgan fingerprint density at radius 1 is 1.56 bits per heavy atom. The number of hydrogen-bond acceptors (Lipinski definition) is 2. The van der Waals surface area contributed by atoms with Gasteiger partial charge < -0.3 is 0 Å². The highest BCUT2D eigenvalue weighted by Crippen LogP contribution is 2.00. The minimum atomic E-state index is 0.994. The molecule has 0 amide bonds. The summed E-state index contributed by atoms with van der Waals surface area (Å²) < 4.78 is 1.67. The van der Waals surface area contributed by atoms with E-state index in [4.69, 9.17) is 0 Å². The van der Waals surface area contributed by atoms with Crippen molar-refractivity contribution in [1.82, 2.24) is 20.6 Å². The molecule has 0 unspecified atom stereocenters. The minimum Gasteiger partial charge on any atom is -0.268 e. The molecule has 0 saturated heterocycles. The number of nitrogens with one attached hydrogen (secondary N) is 1. The van der Waals surface area contributed by atoms with Crippen LogP contribution in [0.4, 0.5) is 0 Å². The topological polar surface area (TPSA) is 44.0 Å². The Balaban J connectivity index is 2.53. The molecule has 45 valence electrons. The summed E-state index contributed by atoms with van der Waals surface area (Å²) in [6, 6.07) is 0. The summed E-state index contributed by atoms with van der Waals surface area (Å²) in [5, 5.41) is 0. The highest BCUT2D eigenvalue weighted by Gasteiger charge is 2.00. The molecule has 1 aliphatic heterocycles. The van der Waals surface area contributed by atoms with Gasteiger partial charge >= 0.3 is 0 Å².